The van der Waals surface area contributed by atoms with Crippen LogP contribution < -0.4 is 0 Å². The van der Waals surface area contributed by atoms with Gasteiger partial charge in [-0.25, -0.2) is 0 Å². The first-order valence-corrected chi connectivity index (χ1v) is 26.1. The Kier molecular flexibility index (Phi) is 50.5. The fourth-order valence-electron chi connectivity index (χ4n) is 6.65. The average molecular weight is 885 g/mol. The number of esters is 2. The Balaban J connectivity index is 4.38. The minimum absolute atomic E-state index is 0.0512. The van der Waals surface area contributed by atoms with Gasteiger partial charge < -0.3 is 14.2 Å². The summed E-state index contributed by atoms with van der Waals surface area (Å²) in [6, 6.07) is 0. The second-order valence-electron chi connectivity index (χ2n) is 16.7. The molecule has 5 heteroatoms. The van der Waals surface area contributed by atoms with Crippen molar-refractivity contribution >= 4 is 11.9 Å². The van der Waals surface area contributed by atoms with Gasteiger partial charge in [-0.1, -0.05) is 200 Å². The molecule has 64 heavy (non-hydrogen) atoms. The topological polar surface area (TPSA) is 61.8 Å². The van der Waals surface area contributed by atoms with E-state index in [9.17, 15) is 9.59 Å². The number of hydrogen-bond acceptors (Lipinski definition) is 5. The van der Waals surface area contributed by atoms with Crippen LogP contribution in [0.15, 0.2) is 122 Å². The van der Waals surface area contributed by atoms with E-state index < -0.39 is 6.10 Å². The molecule has 0 saturated carbocycles. The second-order valence-corrected chi connectivity index (χ2v) is 16.7. The Morgan fingerprint density at radius 2 is 0.703 bits per heavy atom. The normalized spacial score (nSPS) is 13.2. The fraction of sp³-hybridized carbons (Fsp3) is 0.627. The molecule has 5 nitrogen and oxygen atoms in total. The second kappa shape index (κ2) is 53.6. The maximum absolute atomic E-state index is 12.8. The summed E-state index contributed by atoms with van der Waals surface area (Å²) in [5, 5.41) is 0. The van der Waals surface area contributed by atoms with Gasteiger partial charge in [0.15, 0.2) is 6.10 Å². The summed E-state index contributed by atoms with van der Waals surface area (Å²) in [5.41, 5.74) is 0. The molecule has 0 amide bonds. The quantitative estimate of drug-likeness (QED) is 0.0346. The van der Waals surface area contributed by atoms with Crippen LogP contribution in [0.3, 0.4) is 0 Å². The van der Waals surface area contributed by atoms with Gasteiger partial charge in [0.1, 0.15) is 6.61 Å². The molecule has 0 aliphatic carbocycles. The molecule has 1 atom stereocenters. The number of unbranched alkanes of at least 4 members (excludes halogenated alkanes) is 15. The van der Waals surface area contributed by atoms with Gasteiger partial charge in [-0.05, 0) is 122 Å². The molecule has 0 spiro atoms. The van der Waals surface area contributed by atoms with E-state index in [1.54, 1.807) is 0 Å². The van der Waals surface area contributed by atoms with E-state index in [1.807, 2.05) is 0 Å². The number of carbonyl (C=O) groups is 2. The standard InChI is InChI=1S/C59H96O5/c1-4-7-10-13-16-19-22-25-27-29-30-31-32-35-37-40-43-46-49-52-58(60)63-56-57(64-59(61)53-50-47-44-41-38-34-24-21-18-15-12-9-6-3)55-62-54-51-48-45-42-39-36-33-28-26-23-20-17-14-11-8-5-2/h7-8,10-12,15-17,19-21,24-28,30-31,36,39,57H,4-6,9,13-14,18,22-23,29,32-35,37-38,40-56H2,1-3H3/b10-7-,11-8-,15-12-,19-16-,20-17-,24-21-,27-25-,28-26-,31-30-,39-36-. The van der Waals surface area contributed by atoms with Gasteiger partial charge in [0.05, 0.1) is 6.61 Å². The van der Waals surface area contributed by atoms with Crippen LogP contribution in [0.5, 0.6) is 0 Å². The zero-order valence-corrected chi connectivity index (χ0v) is 41.5. The van der Waals surface area contributed by atoms with Gasteiger partial charge in [-0.15, -0.1) is 0 Å². The van der Waals surface area contributed by atoms with Crippen molar-refractivity contribution in [1.29, 1.82) is 0 Å². The zero-order valence-electron chi connectivity index (χ0n) is 41.5. The van der Waals surface area contributed by atoms with Crippen LogP contribution in [0.4, 0.5) is 0 Å². The average Bonchev–Trinajstić information content (AvgIpc) is 3.30. The van der Waals surface area contributed by atoms with Crippen molar-refractivity contribution in [2.45, 2.75) is 219 Å². The lowest BCUT2D eigenvalue weighted by Gasteiger charge is -2.18. The van der Waals surface area contributed by atoms with Gasteiger partial charge >= 0.3 is 11.9 Å². The molecule has 0 aliphatic heterocycles. The SMILES string of the molecule is CC/C=C\C/C=C\C/C=C\C/C=C\CCCCCCCCC(=O)OCC(COCCCCC/C=C\C/C=C\C/C=C\C/C=C\CC)OC(=O)CCCCCCC/C=C\C/C=C\CCC. The Bertz CT molecular complexity index is 1320. The Labute approximate surface area is 395 Å². The van der Waals surface area contributed by atoms with Crippen LogP contribution in [0, 0.1) is 0 Å². The van der Waals surface area contributed by atoms with Crippen molar-refractivity contribution in [2.24, 2.45) is 0 Å². The first-order valence-electron chi connectivity index (χ1n) is 26.1. The number of hydrogen-bond donors (Lipinski definition) is 0. The van der Waals surface area contributed by atoms with Gasteiger partial charge in [0.25, 0.3) is 0 Å². The molecule has 0 aromatic carbocycles. The monoisotopic (exact) mass is 885 g/mol. The summed E-state index contributed by atoms with van der Waals surface area (Å²) < 4.78 is 17.4. The molecule has 0 aromatic rings. The number of carbonyl (C=O) groups excluding carboxylic acids is 2. The van der Waals surface area contributed by atoms with E-state index in [-0.39, 0.29) is 25.2 Å². The van der Waals surface area contributed by atoms with Crippen molar-refractivity contribution in [3.05, 3.63) is 122 Å². The minimum atomic E-state index is -0.574. The predicted molar refractivity (Wildman–Crippen MR) is 279 cm³/mol. The van der Waals surface area contributed by atoms with E-state index in [0.29, 0.717) is 19.4 Å². The molecule has 0 aliphatic rings. The van der Waals surface area contributed by atoms with Crippen molar-refractivity contribution in [3.63, 3.8) is 0 Å². The first kappa shape index (κ1) is 60.3. The number of ether oxygens (including phenoxy) is 3. The molecule has 0 saturated heterocycles. The molecule has 0 bridgehead atoms. The molecule has 0 N–H and O–H groups in total. The molecular weight excluding hydrogens is 789 g/mol. The van der Waals surface area contributed by atoms with Crippen LogP contribution in [0.1, 0.15) is 213 Å². The molecule has 1 unspecified atom stereocenters. The van der Waals surface area contributed by atoms with E-state index >= 15 is 0 Å². The lowest BCUT2D eigenvalue weighted by atomic mass is 10.1. The maximum atomic E-state index is 12.8. The Morgan fingerprint density at radius 1 is 0.359 bits per heavy atom. The molecule has 0 heterocycles. The highest BCUT2D eigenvalue weighted by Gasteiger charge is 2.17. The summed E-state index contributed by atoms with van der Waals surface area (Å²) in [6.45, 7) is 7.42. The smallest absolute Gasteiger partial charge is 0.306 e. The van der Waals surface area contributed by atoms with Gasteiger partial charge in [-0.3, -0.25) is 9.59 Å². The van der Waals surface area contributed by atoms with Crippen molar-refractivity contribution in [1.82, 2.24) is 0 Å². The zero-order chi connectivity index (χ0) is 46.3. The van der Waals surface area contributed by atoms with E-state index in [1.165, 1.54) is 38.5 Å². The maximum Gasteiger partial charge on any atom is 0.306 e. The third-order valence-corrected chi connectivity index (χ3v) is 10.4. The molecule has 0 aromatic heterocycles. The van der Waals surface area contributed by atoms with Gasteiger partial charge in [0.2, 0.25) is 0 Å². The highest BCUT2D eigenvalue weighted by Crippen LogP contribution is 2.12. The molecule has 362 valence electrons. The lowest BCUT2D eigenvalue weighted by Crippen LogP contribution is -2.30. The van der Waals surface area contributed by atoms with Gasteiger partial charge in [-0.2, -0.15) is 0 Å². The number of allylic oxidation sites excluding steroid dienone is 20. The summed E-state index contributed by atoms with van der Waals surface area (Å²) in [5.74, 6) is -0.456. The summed E-state index contributed by atoms with van der Waals surface area (Å²) in [4.78, 5) is 25.4. The van der Waals surface area contributed by atoms with E-state index in [4.69, 9.17) is 14.2 Å². The van der Waals surface area contributed by atoms with Crippen LogP contribution in [-0.2, 0) is 23.8 Å². The molecular formula is C59H96O5. The first-order chi connectivity index (χ1) is 31.6. The highest BCUT2D eigenvalue weighted by atomic mass is 16.6. The Hall–Kier alpha value is -3.70. The summed E-state index contributed by atoms with van der Waals surface area (Å²) in [6.07, 6.45) is 74.9. The van der Waals surface area contributed by atoms with Crippen LogP contribution >= 0.6 is 0 Å². The minimum Gasteiger partial charge on any atom is -0.462 e. The molecule has 0 radical (unpaired) electrons. The largest absolute Gasteiger partial charge is 0.462 e. The molecule has 0 fully saturated rings. The number of rotatable bonds is 46. The van der Waals surface area contributed by atoms with Crippen molar-refractivity contribution in [3.8, 4) is 0 Å². The van der Waals surface area contributed by atoms with Gasteiger partial charge in [0, 0.05) is 19.4 Å². The van der Waals surface area contributed by atoms with Crippen LogP contribution in [-0.4, -0.2) is 37.9 Å². The van der Waals surface area contributed by atoms with Crippen molar-refractivity contribution < 1.29 is 23.8 Å². The third-order valence-electron chi connectivity index (χ3n) is 10.4. The predicted octanol–water partition coefficient (Wildman–Crippen LogP) is 17.8. The summed E-state index contributed by atoms with van der Waals surface area (Å²) >= 11 is 0. The lowest BCUT2D eigenvalue weighted by molar-refractivity contribution is -0.163. The third kappa shape index (κ3) is 50.9. The summed E-state index contributed by atoms with van der Waals surface area (Å²) in [7, 11) is 0. The van der Waals surface area contributed by atoms with Crippen LogP contribution in [0.25, 0.3) is 0 Å². The van der Waals surface area contributed by atoms with Crippen molar-refractivity contribution in [2.75, 3.05) is 19.8 Å². The highest BCUT2D eigenvalue weighted by molar-refractivity contribution is 5.70. The van der Waals surface area contributed by atoms with E-state index in [2.05, 4.69) is 142 Å². The van der Waals surface area contributed by atoms with E-state index in [0.717, 1.165) is 141 Å². The molecule has 0 rings (SSSR count). The fourth-order valence-corrected chi connectivity index (χ4v) is 6.65. The van der Waals surface area contributed by atoms with Crippen LogP contribution in [0.2, 0.25) is 0 Å². The Morgan fingerprint density at radius 3 is 1.12 bits per heavy atom.